The maximum absolute atomic E-state index is 12.4. The van der Waals surface area contributed by atoms with Crippen LogP contribution in [0.2, 0.25) is 0 Å². The number of rotatable bonds is 6. The first-order valence-corrected chi connectivity index (χ1v) is 9.98. The summed E-state index contributed by atoms with van der Waals surface area (Å²) in [5.41, 5.74) is 2.80. The fraction of sp³-hybridized carbons (Fsp3) is 0.300. The van der Waals surface area contributed by atoms with Crippen LogP contribution in [0.25, 0.3) is 11.0 Å². The average molecular weight is 383 g/mol. The minimum absolute atomic E-state index is 0.00697. The number of amides is 1. The molecule has 2 heterocycles. The molecule has 1 unspecified atom stereocenters. The fourth-order valence-corrected chi connectivity index (χ4v) is 3.85. The van der Waals surface area contributed by atoms with Gasteiger partial charge in [-0.05, 0) is 25.1 Å². The molecule has 2 N–H and O–H groups in total. The van der Waals surface area contributed by atoms with Gasteiger partial charge in [0.15, 0.2) is 5.16 Å². The van der Waals surface area contributed by atoms with Gasteiger partial charge in [0.1, 0.15) is 11.5 Å². The van der Waals surface area contributed by atoms with Crippen molar-refractivity contribution < 1.29 is 14.3 Å². The number of hydrogen-bond acceptors (Lipinski definition) is 5. The van der Waals surface area contributed by atoms with Crippen LogP contribution in [0, 0.1) is 0 Å². The van der Waals surface area contributed by atoms with E-state index in [2.05, 4.69) is 15.3 Å². The maximum atomic E-state index is 12.4. The molecule has 0 saturated heterocycles. The highest BCUT2D eigenvalue weighted by molar-refractivity contribution is 7.99. The molecule has 0 saturated carbocycles. The minimum atomic E-state index is -0.0165. The third-order valence-corrected chi connectivity index (χ3v) is 5.25. The topological polar surface area (TPSA) is 76.2 Å². The Labute approximate surface area is 161 Å². The van der Waals surface area contributed by atoms with Gasteiger partial charge in [-0.1, -0.05) is 30.0 Å². The summed E-state index contributed by atoms with van der Waals surface area (Å²) in [5, 5.41) is 3.83. The second-order valence-corrected chi connectivity index (χ2v) is 7.20. The summed E-state index contributed by atoms with van der Waals surface area (Å²) in [6, 6.07) is 13.6. The Kier molecular flexibility index (Phi) is 5.20. The number of aromatic nitrogens is 2. The van der Waals surface area contributed by atoms with Crippen LogP contribution in [-0.2, 0) is 4.79 Å². The monoisotopic (exact) mass is 383 g/mol. The van der Waals surface area contributed by atoms with Crippen LogP contribution < -0.4 is 14.8 Å². The number of carbonyl (C=O) groups is 1. The average Bonchev–Trinajstić information content (AvgIpc) is 3.09. The molecule has 0 spiro atoms. The molecule has 4 rings (SSSR count). The summed E-state index contributed by atoms with van der Waals surface area (Å²) >= 11 is 1.39. The Morgan fingerprint density at radius 1 is 1.37 bits per heavy atom. The third-order valence-electron chi connectivity index (χ3n) is 4.38. The van der Waals surface area contributed by atoms with Gasteiger partial charge in [0.2, 0.25) is 5.91 Å². The van der Waals surface area contributed by atoms with E-state index in [4.69, 9.17) is 9.47 Å². The SMILES string of the molecule is CCOc1ccc2nc(SCC(=O)NC3CCOc4ccccc43)[nH]c2c1. The van der Waals surface area contributed by atoms with Crippen molar-refractivity contribution >= 4 is 28.7 Å². The van der Waals surface area contributed by atoms with Gasteiger partial charge in [0.25, 0.3) is 0 Å². The molecule has 0 fully saturated rings. The molecular formula is C20H21N3O3S. The van der Waals surface area contributed by atoms with Gasteiger partial charge in [0, 0.05) is 18.1 Å². The van der Waals surface area contributed by atoms with E-state index in [9.17, 15) is 4.79 Å². The molecule has 3 aromatic rings. The highest BCUT2D eigenvalue weighted by atomic mass is 32.2. The largest absolute Gasteiger partial charge is 0.494 e. The van der Waals surface area contributed by atoms with Crippen molar-refractivity contribution in [2.24, 2.45) is 0 Å². The number of carbonyl (C=O) groups excluding carboxylic acids is 1. The number of nitrogens with one attached hydrogen (secondary N) is 2. The molecule has 1 amide bonds. The molecule has 1 atom stereocenters. The second kappa shape index (κ2) is 7.92. The molecule has 27 heavy (non-hydrogen) atoms. The number of ether oxygens (including phenoxy) is 2. The Morgan fingerprint density at radius 3 is 3.15 bits per heavy atom. The summed E-state index contributed by atoms with van der Waals surface area (Å²) in [6.07, 6.45) is 0.776. The lowest BCUT2D eigenvalue weighted by Gasteiger charge is -2.26. The fourth-order valence-electron chi connectivity index (χ4n) is 3.15. The maximum Gasteiger partial charge on any atom is 0.230 e. The summed E-state index contributed by atoms with van der Waals surface area (Å²) in [6.45, 7) is 3.19. The zero-order valence-corrected chi connectivity index (χ0v) is 15.8. The van der Waals surface area contributed by atoms with Crippen LogP contribution in [0.3, 0.4) is 0 Å². The van der Waals surface area contributed by atoms with Crippen LogP contribution in [0.15, 0.2) is 47.6 Å². The van der Waals surface area contributed by atoms with Crippen molar-refractivity contribution in [2.45, 2.75) is 24.5 Å². The van der Waals surface area contributed by atoms with E-state index in [1.165, 1.54) is 11.8 Å². The number of aromatic amines is 1. The first-order valence-electron chi connectivity index (χ1n) is 8.99. The van der Waals surface area contributed by atoms with E-state index in [-0.39, 0.29) is 11.9 Å². The van der Waals surface area contributed by atoms with E-state index in [1.54, 1.807) is 0 Å². The van der Waals surface area contributed by atoms with E-state index in [0.29, 0.717) is 19.0 Å². The Balaban J connectivity index is 1.38. The summed E-state index contributed by atoms with van der Waals surface area (Å²) < 4.78 is 11.1. The highest BCUT2D eigenvalue weighted by Crippen LogP contribution is 2.31. The first kappa shape index (κ1) is 17.7. The van der Waals surface area contributed by atoms with Crippen molar-refractivity contribution in [3.63, 3.8) is 0 Å². The van der Waals surface area contributed by atoms with Crippen molar-refractivity contribution in [3.05, 3.63) is 48.0 Å². The van der Waals surface area contributed by atoms with Crippen LogP contribution in [-0.4, -0.2) is 34.8 Å². The molecule has 140 valence electrons. The van der Waals surface area contributed by atoms with Gasteiger partial charge in [-0.3, -0.25) is 4.79 Å². The van der Waals surface area contributed by atoms with Crippen molar-refractivity contribution in [1.29, 1.82) is 0 Å². The zero-order valence-electron chi connectivity index (χ0n) is 15.0. The Bertz CT molecular complexity index is 957. The van der Waals surface area contributed by atoms with Crippen LogP contribution >= 0.6 is 11.8 Å². The molecule has 2 aromatic carbocycles. The number of hydrogen-bond donors (Lipinski definition) is 2. The summed E-state index contributed by atoms with van der Waals surface area (Å²) in [5.74, 6) is 1.94. The molecule has 0 aliphatic carbocycles. The van der Waals surface area contributed by atoms with Gasteiger partial charge < -0.3 is 19.8 Å². The van der Waals surface area contributed by atoms with Crippen LogP contribution in [0.1, 0.15) is 24.9 Å². The number of fused-ring (bicyclic) bond motifs is 2. The second-order valence-electron chi connectivity index (χ2n) is 6.24. The minimum Gasteiger partial charge on any atom is -0.494 e. The summed E-state index contributed by atoms with van der Waals surface area (Å²) in [4.78, 5) is 20.2. The van der Waals surface area contributed by atoms with E-state index < -0.39 is 0 Å². The van der Waals surface area contributed by atoms with Crippen LogP contribution in [0.4, 0.5) is 0 Å². The lowest BCUT2D eigenvalue weighted by molar-refractivity contribution is -0.119. The highest BCUT2D eigenvalue weighted by Gasteiger charge is 2.22. The normalized spacial score (nSPS) is 15.8. The molecule has 7 heteroatoms. The van der Waals surface area contributed by atoms with Gasteiger partial charge in [-0.2, -0.15) is 0 Å². The van der Waals surface area contributed by atoms with Crippen molar-refractivity contribution in [3.8, 4) is 11.5 Å². The quantitative estimate of drug-likeness (QED) is 0.635. The van der Waals surface area contributed by atoms with E-state index in [1.807, 2.05) is 49.4 Å². The van der Waals surface area contributed by atoms with Gasteiger partial charge >= 0.3 is 0 Å². The Morgan fingerprint density at radius 2 is 2.26 bits per heavy atom. The molecule has 0 radical (unpaired) electrons. The predicted octanol–water partition coefficient (Wildman–Crippen LogP) is 3.69. The number of nitrogens with zero attached hydrogens (tertiary/aromatic N) is 1. The van der Waals surface area contributed by atoms with E-state index in [0.717, 1.165) is 39.7 Å². The molecule has 6 nitrogen and oxygen atoms in total. The smallest absolute Gasteiger partial charge is 0.230 e. The zero-order chi connectivity index (χ0) is 18.6. The molecule has 1 aliphatic rings. The number of benzene rings is 2. The number of H-pyrrole nitrogens is 1. The molecule has 0 bridgehead atoms. The standard InChI is InChI=1S/C20H21N3O3S/c1-2-25-13-7-8-16-17(11-13)23-20(22-16)27-12-19(24)21-15-9-10-26-18-6-4-3-5-14(15)18/h3-8,11,15H,2,9-10,12H2,1H3,(H,21,24)(H,22,23). The van der Waals surface area contributed by atoms with Gasteiger partial charge in [-0.15, -0.1) is 0 Å². The lowest BCUT2D eigenvalue weighted by Crippen LogP contribution is -2.33. The lowest BCUT2D eigenvalue weighted by atomic mass is 10.0. The van der Waals surface area contributed by atoms with Gasteiger partial charge in [0.05, 0.1) is 36.0 Å². The number of imidazole rings is 1. The number of para-hydroxylation sites is 1. The number of thioether (sulfide) groups is 1. The van der Waals surface area contributed by atoms with Gasteiger partial charge in [-0.25, -0.2) is 4.98 Å². The van der Waals surface area contributed by atoms with Crippen molar-refractivity contribution in [2.75, 3.05) is 19.0 Å². The van der Waals surface area contributed by atoms with Crippen LogP contribution in [0.5, 0.6) is 11.5 Å². The molecule has 1 aliphatic heterocycles. The third kappa shape index (κ3) is 4.03. The first-order chi connectivity index (χ1) is 13.2. The molecular weight excluding hydrogens is 362 g/mol. The van der Waals surface area contributed by atoms with Crippen molar-refractivity contribution in [1.82, 2.24) is 15.3 Å². The summed E-state index contributed by atoms with van der Waals surface area (Å²) in [7, 11) is 0. The van der Waals surface area contributed by atoms with E-state index >= 15 is 0 Å². The molecule has 1 aromatic heterocycles. The Hall–Kier alpha value is -2.67. The predicted molar refractivity (Wildman–Crippen MR) is 105 cm³/mol.